The van der Waals surface area contributed by atoms with Crippen LogP contribution in [0.4, 0.5) is 11.9 Å². The summed E-state index contributed by atoms with van der Waals surface area (Å²) in [5.41, 5.74) is 0.399. The number of nitrogens with zero attached hydrogens (tertiary/aromatic N) is 4. The van der Waals surface area contributed by atoms with Gasteiger partial charge in [0.15, 0.2) is 0 Å². The summed E-state index contributed by atoms with van der Waals surface area (Å²) in [4.78, 5) is 15.0. The minimum Gasteiger partial charge on any atom is -0.351 e. The molecule has 0 amide bonds. The van der Waals surface area contributed by atoms with Gasteiger partial charge in [0.25, 0.3) is 0 Å². The molecule has 1 fully saturated rings. The molecule has 0 radical (unpaired) electrons. The molecule has 1 unspecified atom stereocenters. The molecular weight excluding hydrogens is 274 g/mol. The fourth-order valence-electron chi connectivity index (χ4n) is 2.79. The van der Waals surface area contributed by atoms with E-state index in [0.29, 0.717) is 23.4 Å². The van der Waals surface area contributed by atoms with E-state index < -0.39 is 0 Å². The smallest absolute Gasteiger partial charge is 0.231 e. The molecule has 20 heavy (non-hydrogen) atoms. The van der Waals surface area contributed by atoms with Gasteiger partial charge in [-0.2, -0.15) is 15.0 Å². The molecule has 1 aliphatic rings. The van der Waals surface area contributed by atoms with Crippen LogP contribution in [0.1, 0.15) is 47.0 Å². The van der Waals surface area contributed by atoms with E-state index in [2.05, 4.69) is 52.9 Å². The summed E-state index contributed by atoms with van der Waals surface area (Å²) in [7, 11) is 0. The standard InChI is InChI=1S/C14H24ClN5/c1-5-20(6-2)13-18-11(15)17-12(19-13)16-10-7-8-14(3,4)9-10/h10H,5-9H2,1-4H3,(H,16,17,18,19). The van der Waals surface area contributed by atoms with Crippen molar-refractivity contribution in [3.8, 4) is 0 Å². The molecule has 2 rings (SSSR count). The van der Waals surface area contributed by atoms with Gasteiger partial charge < -0.3 is 10.2 Å². The van der Waals surface area contributed by atoms with Crippen LogP contribution in [0.25, 0.3) is 0 Å². The van der Waals surface area contributed by atoms with Crippen molar-refractivity contribution >= 4 is 23.5 Å². The Kier molecular flexibility index (Phi) is 4.68. The Balaban J connectivity index is 2.12. The summed E-state index contributed by atoms with van der Waals surface area (Å²) < 4.78 is 0. The SMILES string of the molecule is CCN(CC)c1nc(Cl)nc(NC2CCC(C)(C)C2)n1. The van der Waals surface area contributed by atoms with E-state index in [-0.39, 0.29) is 5.28 Å². The average molecular weight is 298 g/mol. The van der Waals surface area contributed by atoms with Crippen LogP contribution < -0.4 is 10.2 Å². The lowest BCUT2D eigenvalue weighted by atomic mass is 9.92. The normalized spacial score (nSPS) is 20.9. The Hall–Kier alpha value is -1.10. The van der Waals surface area contributed by atoms with Gasteiger partial charge >= 0.3 is 0 Å². The van der Waals surface area contributed by atoms with E-state index in [1.165, 1.54) is 6.42 Å². The Labute approximate surface area is 126 Å². The van der Waals surface area contributed by atoms with Gasteiger partial charge in [-0.3, -0.25) is 0 Å². The zero-order chi connectivity index (χ0) is 14.8. The molecule has 0 saturated heterocycles. The van der Waals surface area contributed by atoms with Gasteiger partial charge in [-0.15, -0.1) is 0 Å². The third kappa shape index (κ3) is 3.72. The van der Waals surface area contributed by atoms with Crippen molar-refractivity contribution in [2.75, 3.05) is 23.3 Å². The zero-order valence-electron chi connectivity index (χ0n) is 12.8. The molecular formula is C14H24ClN5. The Bertz CT molecular complexity index is 459. The number of hydrogen-bond acceptors (Lipinski definition) is 5. The highest BCUT2D eigenvalue weighted by atomic mass is 35.5. The lowest BCUT2D eigenvalue weighted by molar-refractivity contribution is 0.378. The molecule has 6 heteroatoms. The number of anilines is 2. The van der Waals surface area contributed by atoms with Crippen molar-refractivity contribution in [1.82, 2.24) is 15.0 Å². The first-order valence-corrected chi connectivity index (χ1v) is 7.74. The number of rotatable bonds is 5. The highest BCUT2D eigenvalue weighted by Gasteiger charge is 2.31. The first-order chi connectivity index (χ1) is 9.43. The maximum Gasteiger partial charge on any atom is 0.231 e. The fourth-order valence-corrected chi connectivity index (χ4v) is 2.95. The number of nitrogens with one attached hydrogen (secondary N) is 1. The summed E-state index contributed by atoms with van der Waals surface area (Å²) in [6.45, 7) is 10.5. The molecule has 0 spiro atoms. The van der Waals surface area contributed by atoms with Gasteiger partial charge in [0.1, 0.15) is 0 Å². The van der Waals surface area contributed by atoms with Crippen molar-refractivity contribution in [2.45, 2.75) is 53.0 Å². The summed E-state index contributed by atoms with van der Waals surface area (Å²) in [6.07, 6.45) is 3.51. The molecule has 0 aromatic carbocycles. The largest absolute Gasteiger partial charge is 0.351 e. The van der Waals surface area contributed by atoms with Crippen molar-refractivity contribution in [3.05, 3.63) is 5.28 Å². The van der Waals surface area contributed by atoms with Crippen molar-refractivity contribution in [3.63, 3.8) is 0 Å². The highest BCUT2D eigenvalue weighted by molar-refractivity contribution is 6.28. The summed E-state index contributed by atoms with van der Waals surface area (Å²) in [5, 5.41) is 3.66. The Morgan fingerprint density at radius 2 is 1.95 bits per heavy atom. The second-order valence-electron chi connectivity index (χ2n) is 6.15. The Morgan fingerprint density at radius 1 is 1.25 bits per heavy atom. The molecule has 1 heterocycles. The van der Waals surface area contributed by atoms with Gasteiger partial charge in [0.2, 0.25) is 17.2 Å². The summed E-state index contributed by atoms with van der Waals surface area (Å²) in [5.74, 6) is 1.24. The molecule has 1 aromatic heterocycles. The minimum atomic E-state index is 0.252. The molecule has 0 aliphatic heterocycles. The van der Waals surface area contributed by atoms with Gasteiger partial charge in [-0.25, -0.2) is 0 Å². The number of hydrogen-bond donors (Lipinski definition) is 1. The zero-order valence-corrected chi connectivity index (χ0v) is 13.5. The molecule has 1 N–H and O–H groups in total. The third-order valence-electron chi connectivity index (χ3n) is 3.94. The van der Waals surface area contributed by atoms with E-state index in [0.717, 1.165) is 25.9 Å². The third-order valence-corrected chi connectivity index (χ3v) is 4.11. The monoisotopic (exact) mass is 297 g/mol. The minimum absolute atomic E-state index is 0.252. The lowest BCUT2D eigenvalue weighted by Gasteiger charge is -2.20. The second kappa shape index (κ2) is 6.12. The molecule has 1 aliphatic carbocycles. The summed E-state index contributed by atoms with van der Waals surface area (Å²) >= 11 is 6.02. The van der Waals surface area contributed by atoms with Gasteiger partial charge in [-0.05, 0) is 50.1 Å². The first-order valence-electron chi connectivity index (χ1n) is 7.36. The van der Waals surface area contributed by atoms with Gasteiger partial charge in [0.05, 0.1) is 0 Å². The van der Waals surface area contributed by atoms with E-state index >= 15 is 0 Å². The maximum absolute atomic E-state index is 6.02. The van der Waals surface area contributed by atoms with E-state index in [9.17, 15) is 0 Å². The van der Waals surface area contributed by atoms with Crippen LogP contribution in [0.5, 0.6) is 0 Å². The quantitative estimate of drug-likeness (QED) is 0.903. The van der Waals surface area contributed by atoms with Crippen LogP contribution in [-0.2, 0) is 0 Å². The van der Waals surface area contributed by atoms with Crippen molar-refractivity contribution in [2.24, 2.45) is 5.41 Å². The van der Waals surface area contributed by atoms with Crippen LogP contribution in [-0.4, -0.2) is 34.1 Å². The van der Waals surface area contributed by atoms with Crippen molar-refractivity contribution < 1.29 is 0 Å². The topological polar surface area (TPSA) is 53.9 Å². The Morgan fingerprint density at radius 3 is 2.50 bits per heavy atom. The molecule has 1 aromatic rings. The average Bonchev–Trinajstić information content (AvgIpc) is 2.69. The van der Waals surface area contributed by atoms with Crippen LogP contribution in [0.15, 0.2) is 0 Å². The van der Waals surface area contributed by atoms with E-state index in [4.69, 9.17) is 11.6 Å². The number of aromatic nitrogens is 3. The highest BCUT2D eigenvalue weighted by Crippen LogP contribution is 2.38. The summed E-state index contributed by atoms with van der Waals surface area (Å²) in [6, 6.07) is 0.424. The molecule has 0 bridgehead atoms. The predicted molar refractivity (Wildman–Crippen MR) is 83.4 cm³/mol. The van der Waals surface area contributed by atoms with E-state index in [1.807, 2.05) is 0 Å². The molecule has 1 atom stereocenters. The molecule has 1 saturated carbocycles. The van der Waals surface area contributed by atoms with Crippen LogP contribution in [0.2, 0.25) is 5.28 Å². The van der Waals surface area contributed by atoms with Crippen LogP contribution in [0.3, 0.4) is 0 Å². The second-order valence-corrected chi connectivity index (χ2v) is 6.49. The maximum atomic E-state index is 6.02. The lowest BCUT2D eigenvalue weighted by Crippen LogP contribution is -2.26. The number of halogens is 1. The van der Waals surface area contributed by atoms with Crippen LogP contribution >= 0.6 is 11.6 Å². The van der Waals surface area contributed by atoms with Crippen LogP contribution in [0, 0.1) is 5.41 Å². The fraction of sp³-hybridized carbons (Fsp3) is 0.786. The van der Waals surface area contributed by atoms with Gasteiger partial charge in [0, 0.05) is 19.1 Å². The van der Waals surface area contributed by atoms with E-state index in [1.54, 1.807) is 0 Å². The van der Waals surface area contributed by atoms with Gasteiger partial charge in [-0.1, -0.05) is 13.8 Å². The molecule has 5 nitrogen and oxygen atoms in total. The first kappa shape index (κ1) is 15.3. The molecule has 112 valence electrons. The predicted octanol–water partition coefficient (Wildman–Crippen LogP) is 3.36. The van der Waals surface area contributed by atoms with Crippen molar-refractivity contribution in [1.29, 1.82) is 0 Å².